The third-order valence-corrected chi connectivity index (χ3v) is 4.67. The third-order valence-electron chi connectivity index (χ3n) is 4.67. The van der Waals surface area contributed by atoms with Crippen LogP contribution in [0.3, 0.4) is 0 Å². The van der Waals surface area contributed by atoms with Crippen molar-refractivity contribution in [2.24, 2.45) is 7.05 Å². The first-order valence-corrected chi connectivity index (χ1v) is 8.96. The molecule has 2 heterocycles. The summed E-state index contributed by atoms with van der Waals surface area (Å²) in [6.45, 7) is 1.24. The molecule has 1 saturated heterocycles. The number of amides is 2. The Bertz CT molecular complexity index is 662. The quantitative estimate of drug-likeness (QED) is 0.691. The molecule has 27 heavy (non-hydrogen) atoms. The molecule has 2 rings (SSSR count). The highest BCUT2D eigenvalue weighted by molar-refractivity contribution is 5.77. The first kappa shape index (κ1) is 21.2. The number of aromatic nitrogens is 2. The summed E-state index contributed by atoms with van der Waals surface area (Å²) >= 11 is 0. The van der Waals surface area contributed by atoms with Crippen LogP contribution in [0.5, 0.6) is 0 Å². The molecule has 1 fully saturated rings. The van der Waals surface area contributed by atoms with Gasteiger partial charge in [0.2, 0.25) is 17.4 Å². The van der Waals surface area contributed by atoms with Crippen molar-refractivity contribution in [1.82, 2.24) is 19.8 Å². The van der Waals surface area contributed by atoms with Crippen LogP contribution in [0, 0.1) is 0 Å². The van der Waals surface area contributed by atoms with Gasteiger partial charge in [0.1, 0.15) is 0 Å². The van der Waals surface area contributed by atoms with Crippen LogP contribution in [0.2, 0.25) is 0 Å². The number of nitrogens with zero attached hydrogens (tertiary/aromatic N) is 3. The summed E-state index contributed by atoms with van der Waals surface area (Å²) in [4.78, 5) is 29.1. The summed E-state index contributed by atoms with van der Waals surface area (Å²) in [6.07, 6.45) is -0.0902. The number of nitrogens with one attached hydrogen (secondary N) is 1. The number of rotatable bonds is 7. The number of imidazole rings is 1. The second kappa shape index (κ2) is 8.73. The van der Waals surface area contributed by atoms with E-state index in [1.807, 2.05) is 0 Å². The molecule has 2 N–H and O–H groups in total. The van der Waals surface area contributed by atoms with E-state index in [0.717, 1.165) is 30.0 Å². The lowest BCUT2D eigenvalue weighted by atomic mass is 9.97. The Kier molecular flexibility index (Phi) is 6.85. The van der Waals surface area contributed by atoms with E-state index in [0.29, 0.717) is 25.9 Å². The van der Waals surface area contributed by atoms with Gasteiger partial charge in [-0.05, 0) is 19.3 Å². The van der Waals surface area contributed by atoms with Crippen molar-refractivity contribution in [3.63, 3.8) is 0 Å². The number of likely N-dealkylation sites (tertiary alicyclic amines) is 1. The summed E-state index contributed by atoms with van der Waals surface area (Å²) < 4.78 is 41.2. The molecule has 10 heteroatoms. The summed E-state index contributed by atoms with van der Waals surface area (Å²) in [7, 11) is 1.31. The van der Waals surface area contributed by atoms with Crippen molar-refractivity contribution in [3.8, 4) is 0 Å². The van der Waals surface area contributed by atoms with Gasteiger partial charge >= 0.3 is 6.18 Å². The zero-order valence-electron chi connectivity index (χ0n) is 15.3. The molecule has 152 valence electrons. The summed E-state index contributed by atoms with van der Waals surface area (Å²) in [5.74, 6) is -1.50. The Labute approximate surface area is 155 Å². The lowest BCUT2D eigenvalue weighted by Crippen LogP contribution is -2.48. The normalized spacial score (nSPS) is 18.1. The first-order chi connectivity index (χ1) is 12.6. The lowest BCUT2D eigenvalue weighted by Gasteiger charge is -2.29. The molecule has 0 aliphatic carbocycles. The molecule has 0 aromatic carbocycles. The summed E-state index contributed by atoms with van der Waals surface area (Å²) in [6, 6.07) is 0. The minimum atomic E-state index is -5.05. The Morgan fingerprint density at radius 3 is 2.70 bits per heavy atom. The van der Waals surface area contributed by atoms with Crippen molar-refractivity contribution >= 4 is 11.8 Å². The van der Waals surface area contributed by atoms with Crippen molar-refractivity contribution in [2.75, 3.05) is 19.6 Å². The zero-order chi connectivity index (χ0) is 20.1. The minimum absolute atomic E-state index is 0.0695. The number of halogens is 3. The number of hydrogen-bond acceptors (Lipinski definition) is 4. The van der Waals surface area contributed by atoms with E-state index in [-0.39, 0.29) is 12.5 Å². The van der Waals surface area contributed by atoms with Gasteiger partial charge in [-0.25, -0.2) is 4.98 Å². The van der Waals surface area contributed by atoms with Crippen molar-refractivity contribution in [1.29, 1.82) is 0 Å². The van der Waals surface area contributed by atoms with E-state index >= 15 is 0 Å². The first-order valence-electron chi connectivity index (χ1n) is 8.96. The van der Waals surface area contributed by atoms with E-state index in [1.54, 1.807) is 4.90 Å². The standard InChI is InChI=1S/C17H25F3N4O3/c1-23-11-8-22-15(23)16(27,17(18,19)20)12-13(25)21-7-5-10-24-9-4-2-3-6-14(24)26/h8,11,27H,2-7,9-10,12H2,1H3,(H,21,25). The summed E-state index contributed by atoms with van der Waals surface area (Å²) in [5.41, 5.74) is -3.36. The molecular formula is C17H25F3N4O3. The summed E-state index contributed by atoms with van der Waals surface area (Å²) in [5, 5.41) is 12.6. The number of aliphatic hydroxyl groups is 1. The van der Waals surface area contributed by atoms with Gasteiger partial charge in [-0.1, -0.05) is 6.42 Å². The van der Waals surface area contributed by atoms with E-state index in [4.69, 9.17) is 0 Å². The molecule has 7 nitrogen and oxygen atoms in total. The van der Waals surface area contributed by atoms with Crippen LogP contribution in [0.15, 0.2) is 12.4 Å². The second-order valence-corrected chi connectivity index (χ2v) is 6.79. The maximum absolute atomic E-state index is 13.4. The largest absolute Gasteiger partial charge is 0.425 e. The smallest absolute Gasteiger partial charge is 0.374 e. The van der Waals surface area contributed by atoms with Gasteiger partial charge in [0.05, 0.1) is 6.42 Å². The zero-order valence-corrected chi connectivity index (χ0v) is 15.3. The van der Waals surface area contributed by atoms with E-state index < -0.39 is 29.9 Å². The van der Waals surface area contributed by atoms with Crippen LogP contribution in [0.25, 0.3) is 0 Å². The monoisotopic (exact) mass is 390 g/mol. The molecule has 0 saturated carbocycles. The van der Waals surface area contributed by atoms with Crippen LogP contribution in [0.1, 0.15) is 44.3 Å². The average Bonchev–Trinajstić information content (AvgIpc) is 2.91. The number of alkyl halides is 3. The SMILES string of the molecule is Cn1ccnc1C(O)(CC(=O)NCCCN1CCCCCC1=O)C(F)(F)F. The van der Waals surface area contributed by atoms with Crippen molar-refractivity contribution < 1.29 is 27.9 Å². The second-order valence-electron chi connectivity index (χ2n) is 6.79. The molecule has 1 atom stereocenters. The van der Waals surface area contributed by atoms with Gasteiger partial charge in [0, 0.05) is 45.5 Å². The molecule has 0 bridgehead atoms. The third kappa shape index (κ3) is 5.21. The predicted octanol–water partition coefficient (Wildman–Crippen LogP) is 1.47. The molecule has 1 aliphatic heterocycles. The van der Waals surface area contributed by atoms with Gasteiger partial charge < -0.3 is 19.9 Å². The Morgan fingerprint density at radius 2 is 2.07 bits per heavy atom. The molecule has 2 amide bonds. The Balaban J connectivity index is 1.87. The molecule has 1 aromatic rings. The maximum Gasteiger partial charge on any atom is 0.425 e. The topological polar surface area (TPSA) is 87.5 Å². The fourth-order valence-corrected chi connectivity index (χ4v) is 3.14. The van der Waals surface area contributed by atoms with Gasteiger partial charge in [-0.2, -0.15) is 13.2 Å². The van der Waals surface area contributed by atoms with Crippen LogP contribution >= 0.6 is 0 Å². The Hall–Kier alpha value is -2.10. The highest BCUT2D eigenvalue weighted by Gasteiger charge is 2.58. The van der Waals surface area contributed by atoms with Gasteiger partial charge in [-0.15, -0.1) is 0 Å². The van der Waals surface area contributed by atoms with Gasteiger partial charge in [0.25, 0.3) is 0 Å². The molecule has 1 unspecified atom stereocenters. The van der Waals surface area contributed by atoms with Gasteiger partial charge in [-0.3, -0.25) is 9.59 Å². The highest BCUT2D eigenvalue weighted by atomic mass is 19.4. The van der Waals surface area contributed by atoms with Crippen LogP contribution in [0.4, 0.5) is 13.2 Å². The number of carbonyl (C=O) groups is 2. The van der Waals surface area contributed by atoms with Crippen molar-refractivity contribution in [3.05, 3.63) is 18.2 Å². The van der Waals surface area contributed by atoms with Crippen LogP contribution in [-0.2, 0) is 22.2 Å². The average molecular weight is 390 g/mol. The number of hydrogen-bond donors (Lipinski definition) is 2. The van der Waals surface area contributed by atoms with Crippen LogP contribution < -0.4 is 5.32 Å². The molecular weight excluding hydrogens is 365 g/mol. The van der Waals surface area contributed by atoms with Gasteiger partial charge in [0.15, 0.2) is 5.82 Å². The lowest BCUT2D eigenvalue weighted by molar-refractivity contribution is -0.271. The molecule has 0 radical (unpaired) electrons. The minimum Gasteiger partial charge on any atom is -0.374 e. The predicted molar refractivity (Wildman–Crippen MR) is 90.5 cm³/mol. The van der Waals surface area contributed by atoms with Crippen LogP contribution in [-0.4, -0.2) is 57.2 Å². The van der Waals surface area contributed by atoms with E-state index in [2.05, 4.69) is 10.3 Å². The van der Waals surface area contributed by atoms with E-state index in [1.165, 1.54) is 13.2 Å². The highest BCUT2D eigenvalue weighted by Crippen LogP contribution is 2.40. The molecule has 0 spiro atoms. The maximum atomic E-state index is 13.4. The van der Waals surface area contributed by atoms with Crippen molar-refractivity contribution in [2.45, 2.75) is 50.3 Å². The molecule has 1 aromatic heterocycles. The van der Waals surface area contributed by atoms with E-state index in [9.17, 15) is 27.9 Å². The molecule has 1 aliphatic rings. The fraction of sp³-hybridized carbons (Fsp3) is 0.706. The Morgan fingerprint density at radius 1 is 1.33 bits per heavy atom. The number of aryl methyl sites for hydroxylation is 1. The number of carbonyl (C=O) groups excluding carboxylic acids is 2. The fourth-order valence-electron chi connectivity index (χ4n) is 3.14.